The smallest absolute Gasteiger partial charge is 0.247 e. The van der Waals surface area contributed by atoms with Crippen molar-refractivity contribution in [3.8, 4) is 0 Å². The number of furan rings is 1. The molecule has 1 aliphatic rings. The summed E-state index contributed by atoms with van der Waals surface area (Å²) in [7, 11) is -3.40. The Labute approximate surface area is 121 Å². The van der Waals surface area contributed by atoms with Gasteiger partial charge in [0.05, 0.1) is 6.26 Å². The van der Waals surface area contributed by atoms with Crippen molar-refractivity contribution in [3.05, 3.63) is 46.0 Å². The number of hydrazone groups is 1. The lowest BCUT2D eigenvalue weighted by atomic mass is 10.1. The summed E-state index contributed by atoms with van der Waals surface area (Å²) in [5.41, 5.74) is 0.668. The summed E-state index contributed by atoms with van der Waals surface area (Å²) in [6.07, 6.45) is 1.70. The van der Waals surface area contributed by atoms with E-state index in [0.29, 0.717) is 17.9 Å². The summed E-state index contributed by atoms with van der Waals surface area (Å²) < 4.78 is 30.6. The van der Waals surface area contributed by atoms with Gasteiger partial charge in [0.15, 0.2) is 0 Å². The van der Waals surface area contributed by atoms with E-state index in [-0.39, 0.29) is 6.04 Å². The highest BCUT2D eigenvalue weighted by Gasteiger charge is 2.35. The molecule has 0 aromatic carbocycles. The molecule has 0 spiro atoms. The van der Waals surface area contributed by atoms with Gasteiger partial charge < -0.3 is 4.42 Å². The summed E-state index contributed by atoms with van der Waals surface area (Å²) >= 11 is 1.53. The first kappa shape index (κ1) is 13.4. The zero-order valence-electron chi connectivity index (χ0n) is 11.1. The molecule has 2 aromatic rings. The molecule has 0 fully saturated rings. The minimum Gasteiger partial charge on any atom is -0.460 e. The average Bonchev–Trinajstić information content (AvgIpc) is 3.06. The number of hydrogen-bond donors (Lipinski definition) is 0. The molecule has 0 N–H and O–H groups in total. The van der Waals surface area contributed by atoms with Crippen molar-refractivity contribution < 1.29 is 12.8 Å². The van der Waals surface area contributed by atoms with E-state index < -0.39 is 10.0 Å². The van der Waals surface area contributed by atoms with Crippen molar-refractivity contribution in [3.63, 3.8) is 0 Å². The van der Waals surface area contributed by atoms with Gasteiger partial charge in [-0.2, -0.15) is 9.52 Å². The summed E-state index contributed by atoms with van der Waals surface area (Å²) in [6, 6.07) is 7.24. The second-order valence-corrected chi connectivity index (χ2v) is 7.55. The van der Waals surface area contributed by atoms with Gasteiger partial charge in [0, 0.05) is 11.3 Å². The van der Waals surface area contributed by atoms with Crippen molar-refractivity contribution in [1.29, 1.82) is 0 Å². The van der Waals surface area contributed by atoms with Crippen molar-refractivity contribution in [1.82, 2.24) is 4.41 Å². The topological polar surface area (TPSA) is 62.9 Å². The Morgan fingerprint density at radius 1 is 1.40 bits per heavy atom. The molecule has 1 atom stereocenters. The first-order chi connectivity index (χ1) is 9.45. The molecule has 0 saturated heterocycles. The molecule has 2 aromatic heterocycles. The van der Waals surface area contributed by atoms with Crippen LogP contribution in [0.5, 0.6) is 0 Å². The molecule has 1 aliphatic heterocycles. The molecular weight excluding hydrogens is 296 g/mol. The van der Waals surface area contributed by atoms with E-state index in [4.69, 9.17) is 4.42 Å². The minimum absolute atomic E-state index is 0.273. The Bertz CT molecular complexity index is 744. The van der Waals surface area contributed by atoms with Crippen LogP contribution >= 0.6 is 11.3 Å². The van der Waals surface area contributed by atoms with Gasteiger partial charge in [-0.3, -0.25) is 0 Å². The maximum atomic E-state index is 11.9. The molecule has 0 radical (unpaired) electrons. The van der Waals surface area contributed by atoms with Crippen LogP contribution in [0.25, 0.3) is 0 Å². The third-order valence-corrected chi connectivity index (χ3v) is 5.10. The molecule has 0 bridgehead atoms. The van der Waals surface area contributed by atoms with Gasteiger partial charge in [-0.1, -0.05) is 6.07 Å². The lowest BCUT2D eigenvalue weighted by Gasteiger charge is -2.19. The van der Waals surface area contributed by atoms with Crippen LogP contribution in [0, 0.1) is 6.92 Å². The molecule has 106 valence electrons. The van der Waals surface area contributed by atoms with E-state index >= 15 is 0 Å². The monoisotopic (exact) mass is 310 g/mol. The summed E-state index contributed by atoms with van der Waals surface area (Å²) in [6.45, 7) is 1.85. The zero-order valence-corrected chi connectivity index (χ0v) is 12.7. The van der Waals surface area contributed by atoms with Crippen molar-refractivity contribution in [2.75, 3.05) is 6.26 Å². The number of rotatable bonds is 3. The largest absolute Gasteiger partial charge is 0.460 e. The summed E-state index contributed by atoms with van der Waals surface area (Å²) in [5, 5.41) is 6.19. The van der Waals surface area contributed by atoms with Crippen molar-refractivity contribution in [2.45, 2.75) is 19.4 Å². The van der Waals surface area contributed by atoms with Crippen LogP contribution in [0.4, 0.5) is 0 Å². The third kappa shape index (κ3) is 2.38. The normalized spacial score (nSPS) is 19.4. The second-order valence-electron chi connectivity index (χ2n) is 4.73. The van der Waals surface area contributed by atoms with E-state index in [1.165, 1.54) is 22.0 Å². The number of sulfonamides is 1. The Morgan fingerprint density at radius 2 is 2.20 bits per heavy atom. The average molecular weight is 310 g/mol. The van der Waals surface area contributed by atoms with Gasteiger partial charge in [-0.05, 0) is 30.5 Å². The fourth-order valence-corrected chi connectivity index (χ4v) is 4.00. The number of nitrogens with zero attached hydrogens (tertiary/aromatic N) is 2. The van der Waals surface area contributed by atoms with Crippen LogP contribution in [0.2, 0.25) is 0 Å². The molecule has 20 heavy (non-hydrogen) atoms. The van der Waals surface area contributed by atoms with Gasteiger partial charge in [0.25, 0.3) is 0 Å². The Morgan fingerprint density at radius 3 is 2.75 bits per heavy atom. The fourth-order valence-electron chi connectivity index (χ4n) is 2.23. The summed E-state index contributed by atoms with van der Waals surface area (Å²) in [4.78, 5) is 0.984. The first-order valence-electron chi connectivity index (χ1n) is 6.12. The molecule has 5 nitrogen and oxygen atoms in total. The highest BCUT2D eigenvalue weighted by molar-refractivity contribution is 7.88. The van der Waals surface area contributed by atoms with Gasteiger partial charge in [-0.15, -0.1) is 11.3 Å². The minimum atomic E-state index is -3.40. The van der Waals surface area contributed by atoms with E-state index in [2.05, 4.69) is 5.10 Å². The predicted molar refractivity (Wildman–Crippen MR) is 78.3 cm³/mol. The van der Waals surface area contributed by atoms with Gasteiger partial charge in [-0.25, -0.2) is 8.42 Å². The Hall–Kier alpha value is -1.60. The molecule has 0 aliphatic carbocycles. The first-order valence-corrected chi connectivity index (χ1v) is 8.85. The lowest BCUT2D eigenvalue weighted by molar-refractivity contribution is 0.379. The zero-order chi connectivity index (χ0) is 14.3. The van der Waals surface area contributed by atoms with E-state index in [9.17, 15) is 8.42 Å². The highest BCUT2D eigenvalue weighted by Crippen LogP contribution is 2.36. The van der Waals surface area contributed by atoms with Crippen molar-refractivity contribution >= 4 is 27.1 Å². The Kier molecular flexibility index (Phi) is 3.18. The van der Waals surface area contributed by atoms with E-state index in [1.54, 1.807) is 0 Å². The number of hydrogen-bond acceptors (Lipinski definition) is 5. The van der Waals surface area contributed by atoms with Crippen LogP contribution in [-0.4, -0.2) is 24.8 Å². The van der Waals surface area contributed by atoms with E-state index in [0.717, 1.165) is 10.6 Å². The highest BCUT2D eigenvalue weighted by atomic mass is 32.2. The standard InChI is InChI=1S/C13H14N2O3S2/c1-9-5-6-12(18-9)10-8-11(13-4-3-7-19-13)15(14-10)20(2,16)17/h3-7,11H,8H2,1-2H3/t11-/m0/s1. The molecule has 3 heterocycles. The van der Waals surface area contributed by atoms with Gasteiger partial charge in [0.1, 0.15) is 23.3 Å². The second kappa shape index (κ2) is 4.75. The SMILES string of the molecule is Cc1ccc(C2=NN(S(C)(=O)=O)[C@H](c3cccs3)C2)o1. The number of aryl methyl sites for hydroxylation is 1. The quantitative estimate of drug-likeness (QED) is 0.875. The van der Waals surface area contributed by atoms with Crippen LogP contribution in [0.1, 0.15) is 28.9 Å². The lowest BCUT2D eigenvalue weighted by Crippen LogP contribution is -2.25. The fraction of sp³-hybridized carbons (Fsp3) is 0.308. The maximum Gasteiger partial charge on any atom is 0.247 e. The molecular formula is C13H14N2O3S2. The van der Waals surface area contributed by atoms with Gasteiger partial charge in [0.2, 0.25) is 10.0 Å². The predicted octanol–water partition coefficient (Wildman–Crippen LogP) is 2.76. The van der Waals surface area contributed by atoms with Crippen LogP contribution in [0.15, 0.2) is 39.2 Å². The molecule has 0 amide bonds. The maximum absolute atomic E-state index is 11.9. The third-order valence-electron chi connectivity index (χ3n) is 3.11. The van der Waals surface area contributed by atoms with Crippen LogP contribution < -0.4 is 0 Å². The molecule has 3 rings (SSSR count). The Balaban J connectivity index is 2.00. The van der Waals surface area contributed by atoms with Gasteiger partial charge >= 0.3 is 0 Å². The molecule has 0 unspecified atom stereocenters. The number of thiophene rings is 1. The van der Waals surface area contributed by atoms with Crippen LogP contribution in [-0.2, 0) is 10.0 Å². The molecule has 0 saturated carbocycles. The van der Waals surface area contributed by atoms with E-state index in [1.807, 2.05) is 36.6 Å². The molecule has 7 heteroatoms. The van der Waals surface area contributed by atoms with Crippen LogP contribution in [0.3, 0.4) is 0 Å². The van der Waals surface area contributed by atoms with Crippen molar-refractivity contribution in [2.24, 2.45) is 5.10 Å². The summed E-state index contributed by atoms with van der Waals surface area (Å²) in [5.74, 6) is 1.42.